The van der Waals surface area contributed by atoms with Gasteiger partial charge in [0, 0.05) is 17.4 Å². The van der Waals surface area contributed by atoms with E-state index in [0.29, 0.717) is 17.8 Å². The molecule has 2 N–H and O–H groups in total. The molecular formula is C18H24N2O2. The summed E-state index contributed by atoms with van der Waals surface area (Å²) >= 11 is 0. The molecule has 0 aromatic heterocycles. The van der Waals surface area contributed by atoms with Gasteiger partial charge in [-0.25, -0.2) is 0 Å². The lowest BCUT2D eigenvalue weighted by Gasteiger charge is -2.39. The summed E-state index contributed by atoms with van der Waals surface area (Å²) in [4.78, 5) is 12.6. The first-order chi connectivity index (χ1) is 10.6. The molecule has 3 atom stereocenters. The van der Waals surface area contributed by atoms with Crippen molar-refractivity contribution in [1.82, 2.24) is 10.6 Å². The van der Waals surface area contributed by atoms with Gasteiger partial charge in [-0.3, -0.25) is 4.79 Å². The van der Waals surface area contributed by atoms with Gasteiger partial charge in [-0.1, -0.05) is 18.2 Å². The summed E-state index contributed by atoms with van der Waals surface area (Å²) in [6, 6.07) is 8.21. The number of rotatable bonds is 3. The van der Waals surface area contributed by atoms with Crippen LogP contribution in [0, 0.1) is 17.8 Å². The fourth-order valence-corrected chi connectivity index (χ4v) is 4.39. The van der Waals surface area contributed by atoms with E-state index in [1.54, 1.807) is 0 Å². The van der Waals surface area contributed by atoms with Gasteiger partial charge in [-0.15, -0.1) is 0 Å². The highest BCUT2D eigenvalue weighted by atomic mass is 16.5. The molecule has 1 aromatic carbocycles. The van der Waals surface area contributed by atoms with Crippen LogP contribution in [0.3, 0.4) is 0 Å². The van der Waals surface area contributed by atoms with Crippen molar-refractivity contribution in [3.05, 3.63) is 29.8 Å². The van der Waals surface area contributed by atoms with Crippen LogP contribution >= 0.6 is 0 Å². The number of carbonyl (C=O) groups excluding carboxylic acids is 1. The first kappa shape index (κ1) is 14.1. The third kappa shape index (κ3) is 2.21. The van der Waals surface area contributed by atoms with Crippen LogP contribution in [0.1, 0.15) is 31.7 Å². The monoisotopic (exact) mass is 300 g/mol. The summed E-state index contributed by atoms with van der Waals surface area (Å²) in [5.41, 5.74) is 0.970. The Morgan fingerprint density at radius 1 is 1.27 bits per heavy atom. The number of ether oxygens (including phenoxy) is 1. The summed E-state index contributed by atoms with van der Waals surface area (Å²) in [5, 5.41) is 6.68. The van der Waals surface area contributed by atoms with Gasteiger partial charge in [0.15, 0.2) is 0 Å². The third-order valence-corrected chi connectivity index (χ3v) is 5.67. The predicted molar refractivity (Wildman–Crippen MR) is 84.9 cm³/mol. The Hall–Kier alpha value is -1.55. The molecule has 2 heterocycles. The Bertz CT molecular complexity index is 589. The smallest absolute Gasteiger partial charge is 0.224 e. The van der Waals surface area contributed by atoms with E-state index in [1.807, 2.05) is 12.1 Å². The van der Waals surface area contributed by atoms with Gasteiger partial charge in [-0.2, -0.15) is 0 Å². The first-order valence-corrected chi connectivity index (χ1v) is 8.32. The molecule has 1 aromatic rings. The zero-order chi connectivity index (χ0) is 15.3. The van der Waals surface area contributed by atoms with Gasteiger partial charge in [0.25, 0.3) is 0 Å². The maximum absolute atomic E-state index is 12.6. The van der Waals surface area contributed by atoms with Gasteiger partial charge in [0.2, 0.25) is 5.91 Å². The molecule has 118 valence electrons. The fraction of sp³-hybridized carbons (Fsp3) is 0.611. The number of hydrogen-bond donors (Lipinski definition) is 2. The summed E-state index contributed by atoms with van der Waals surface area (Å²) in [6.45, 7) is 7.02. The van der Waals surface area contributed by atoms with E-state index in [1.165, 1.54) is 5.56 Å². The Morgan fingerprint density at radius 3 is 2.77 bits per heavy atom. The predicted octanol–water partition coefficient (Wildman–Crippen LogP) is 1.91. The second-order valence-corrected chi connectivity index (χ2v) is 7.45. The summed E-state index contributed by atoms with van der Waals surface area (Å²) < 4.78 is 5.75. The minimum Gasteiger partial charge on any atom is -0.493 e. The molecule has 0 radical (unpaired) electrons. The SMILES string of the molecule is CC(C)(NC(=O)C1C2CNCC21)C1CCOc2ccccc21. The van der Waals surface area contributed by atoms with E-state index >= 15 is 0 Å². The van der Waals surface area contributed by atoms with Crippen LogP contribution < -0.4 is 15.4 Å². The number of amides is 1. The molecule has 22 heavy (non-hydrogen) atoms. The number of hydrogen-bond acceptors (Lipinski definition) is 3. The molecular weight excluding hydrogens is 276 g/mol. The number of carbonyl (C=O) groups is 1. The Labute approximate surface area is 131 Å². The lowest BCUT2D eigenvalue weighted by Crippen LogP contribution is -2.50. The molecule has 1 saturated heterocycles. The van der Waals surface area contributed by atoms with E-state index in [0.717, 1.165) is 31.9 Å². The molecule has 4 heteroatoms. The van der Waals surface area contributed by atoms with Crippen molar-refractivity contribution in [3.8, 4) is 5.75 Å². The van der Waals surface area contributed by atoms with Crippen LogP contribution in [-0.2, 0) is 4.79 Å². The van der Waals surface area contributed by atoms with Crippen molar-refractivity contribution >= 4 is 5.91 Å². The summed E-state index contributed by atoms with van der Waals surface area (Å²) in [5.74, 6) is 2.88. The Kier molecular flexibility index (Phi) is 3.19. The van der Waals surface area contributed by atoms with Gasteiger partial charge < -0.3 is 15.4 Å². The van der Waals surface area contributed by atoms with E-state index in [-0.39, 0.29) is 17.4 Å². The molecule has 2 fully saturated rings. The van der Waals surface area contributed by atoms with Crippen molar-refractivity contribution in [2.45, 2.75) is 31.7 Å². The van der Waals surface area contributed by atoms with Crippen molar-refractivity contribution in [3.63, 3.8) is 0 Å². The molecule has 2 aliphatic heterocycles. The number of piperidine rings is 1. The number of benzene rings is 1. The largest absolute Gasteiger partial charge is 0.493 e. The summed E-state index contributed by atoms with van der Waals surface area (Å²) in [6.07, 6.45) is 0.948. The van der Waals surface area contributed by atoms with Crippen LogP contribution in [0.25, 0.3) is 0 Å². The van der Waals surface area contributed by atoms with Crippen molar-refractivity contribution < 1.29 is 9.53 Å². The van der Waals surface area contributed by atoms with Gasteiger partial charge in [0.1, 0.15) is 5.75 Å². The Balaban J connectivity index is 1.50. The standard InChI is InChI=1S/C18H24N2O2/c1-18(2,20-17(21)16-12-9-19-10-13(12)16)14-7-8-22-15-6-4-3-5-11(14)15/h3-6,12-14,16,19H,7-10H2,1-2H3,(H,20,21). The molecule has 4 nitrogen and oxygen atoms in total. The summed E-state index contributed by atoms with van der Waals surface area (Å²) in [7, 11) is 0. The maximum Gasteiger partial charge on any atom is 0.224 e. The fourth-order valence-electron chi connectivity index (χ4n) is 4.39. The van der Waals surface area contributed by atoms with Crippen LogP contribution in [0.2, 0.25) is 0 Å². The zero-order valence-corrected chi connectivity index (χ0v) is 13.3. The van der Waals surface area contributed by atoms with Crippen LogP contribution in [0.5, 0.6) is 5.75 Å². The second-order valence-electron chi connectivity index (χ2n) is 7.45. The Morgan fingerprint density at radius 2 is 2.00 bits per heavy atom. The normalized spacial score (nSPS) is 32.6. The highest BCUT2D eigenvalue weighted by molar-refractivity contribution is 5.83. The molecule has 1 aliphatic carbocycles. The van der Waals surface area contributed by atoms with Crippen molar-refractivity contribution in [2.24, 2.45) is 17.8 Å². The average molecular weight is 300 g/mol. The minimum atomic E-state index is -0.249. The maximum atomic E-state index is 12.6. The molecule has 1 amide bonds. The average Bonchev–Trinajstić information content (AvgIpc) is 3.00. The van der Waals surface area contributed by atoms with Gasteiger partial charge in [-0.05, 0) is 56.8 Å². The second kappa shape index (κ2) is 4.98. The number of fused-ring (bicyclic) bond motifs is 2. The van der Waals surface area contributed by atoms with E-state index in [4.69, 9.17) is 4.74 Å². The lowest BCUT2D eigenvalue weighted by atomic mass is 9.78. The molecule has 1 saturated carbocycles. The minimum absolute atomic E-state index is 0.232. The van der Waals surface area contributed by atoms with E-state index in [2.05, 4.69) is 36.6 Å². The molecule has 0 spiro atoms. The van der Waals surface area contributed by atoms with E-state index < -0.39 is 0 Å². The van der Waals surface area contributed by atoms with E-state index in [9.17, 15) is 4.79 Å². The number of nitrogens with one attached hydrogen (secondary N) is 2. The van der Waals surface area contributed by atoms with Gasteiger partial charge >= 0.3 is 0 Å². The molecule has 4 rings (SSSR count). The highest BCUT2D eigenvalue weighted by Crippen LogP contribution is 2.49. The van der Waals surface area contributed by atoms with Crippen molar-refractivity contribution in [1.29, 1.82) is 0 Å². The van der Waals surface area contributed by atoms with Crippen molar-refractivity contribution in [2.75, 3.05) is 19.7 Å². The van der Waals surface area contributed by atoms with Crippen LogP contribution in [0.4, 0.5) is 0 Å². The molecule has 3 aliphatic rings. The zero-order valence-electron chi connectivity index (χ0n) is 13.3. The first-order valence-electron chi connectivity index (χ1n) is 8.32. The number of para-hydroxylation sites is 1. The quantitative estimate of drug-likeness (QED) is 0.896. The third-order valence-electron chi connectivity index (χ3n) is 5.67. The van der Waals surface area contributed by atoms with Gasteiger partial charge in [0.05, 0.1) is 6.61 Å². The highest BCUT2D eigenvalue weighted by Gasteiger charge is 2.57. The van der Waals surface area contributed by atoms with Crippen LogP contribution in [0.15, 0.2) is 24.3 Å². The molecule has 0 bridgehead atoms. The topological polar surface area (TPSA) is 50.4 Å². The molecule has 3 unspecified atom stereocenters. The lowest BCUT2D eigenvalue weighted by molar-refractivity contribution is -0.125. The van der Waals surface area contributed by atoms with Crippen LogP contribution in [-0.4, -0.2) is 31.1 Å².